The number of phenolic OH excluding ortho intramolecular Hbond substituents is 1. The maximum absolute atomic E-state index is 10.7. The van der Waals surface area contributed by atoms with E-state index >= 15 is 0 Å². The molecule has 5 rings (SSSR count). The Hall–Kier alpha value is -3.83. The van der Waals surface area contributed by atoms with Gasteiger partial charge >= 0.3 is 0 Å². The van der Waals surface area contributed by atoms with Crippen LogP contribution in [-0.2, 0) is 16.0 Å². The molecule has 0 radical (unpaired) electrons. The van der Waals surface area contributed by atoms with Gasteiger partial charge < -0.3 is 19.4 Å². The molecular formula is C27H33F3N4O4. The van der Waals surface area contributed by atoms with Crippen LogP contribution in [0, 0.1) is 0 Å². The van der Waals surface area contributed by atoms with E-state index in [0.717, 1.165) is 44.7 Å². The number of allylic oxidation sites excluding steroid dienone is 1. The molecule has 1 unspecified atom stereocenters. The van der Waals surface area contributed by atoms with E-state index in [1.54, 1.807) is 32.5 Å². The van der Waals surface area contributed by atoms with Gasteiger partial charge in [0.2, 0.25) is 0 Å². The number of hydrogen-bond acceptors (Lipinski definition) is 7. The zero-order valence-corrected chi connectivity index (χ0v) is 22.2. The van der Waals surface area contributed by atoms with Crippen LogP contribution in [0.4, 0.5) is 13.9 Å². The molecule has 0 aliphatic carbocycles. The summed E-state index contributed by atoms with van der Waals surface area (Å²) in [7, 11) is 3.32. The van der Waals surface area contributed by atoms with Crippen LogP contribution in [0.2, 0.25) is 0 Å². The van der Waals surface area contributed by atoms with Gasteiger partial charge in [-0.3, -0.25) is 14.3 Å². The third-order valence-corrected chi connectivity index (χ3v) is 6.02. The Morgan fingerprint density at radius 3 is 2.45 bits per heavy atom. The number of rotatable bonds is 6. The van der Waals surface area contributed by atoms with Crippen molar-refractivity contribution < 1.29 is 33.3 Å². The molecule has 2 N–H and O–H groups in total. The minimum absolute atomic E-state index is 0. The number of hydrogen-bond donors (Lipinski definition) is 2. The minimum atomic E-state index is 0. The number of pyridine rings is 1. The second-order valence-corrected chi connectivity index (χ2v) is 8.07. The normalized spacial score (nSPS) is 14.3. The van der Waals surface area contributed by atoms with Crippen LogP contribution < -0.4 is 10.2 Å². The van der Waals surface area contributed by atoms with Crippen molar-refractivity contribution >= 4 is 27.5 Å². The Bertz CT molecular complexity index is 1410. The number of methoxy groups -OCH3 is 2. The second-order valence-electron chi connectivity index (χ2n) is 8.07. The van der Waals surface area contributed by atoms with E-state index in [0.29, 0.717) is 24.5 Å². The molecule has 206 valence electrons. The number of phenols is 1. The van der Waals surface area contributed by atoms with Gasteiger partial charge in [0.05, 0.1) is 42.7 Å². The minimum Gasteiger partial charge on any atom is -0.506 e. The molecule has 0 fully saturated rings. The lowest BCUT2D eigenvalue weighted by atomic mass is 9.96. The molecule has 4 aromatic rings. The van der Waals surface area contributed by atoms with Crippen molar-refractivity contribution in [1.82, 2.24) is 20.0 Å². The summed E-state index contributed by atoms with van der Waals surface area (Å²) in [5, 5.41) is 11.5. The van der Waals surface area contributed by atoms with Gasteiger partial charge in [0, 0.05) is 39.2 Å². The monoisotopic (exact) mass is 534 g/mol. The van der Waals surface area contributed by atoms with Gasteiger partial charge in [0.1, 0.15) is 28.6 Å². The van der Waals surface area contributed by atoms with Crippen LogP contribution >= 0.6 is 0 Å². The third-order valence-electron chi connectivity index (χ3n) is 6.02. The molecular weight excluding hydrogens is 501 g/mol. The number of aromatic hydroxyl groups is 1. The molecule has 1 aliphatic heterocycles. The summed E-state index contributed by atoms with van der Waals surface area (Å²) in [6, 6.07) is 11.3. The summed E-state index contributed by atoms with van der Waals surface area (Å²) >= 11 is 0. The van der Waals surface area contributed by atoms with Gasteiger partial charge in [-0.2, -0.15) is 0 Å². The third kappa shape index (κ3) is 5.53. The topological polar surface area (TPSA) is 90.7 Å². The molecule has 2 aromatic heterocycles. The van der Waals surface area contributed by atoms with Gasteiger partial charge in [-0.05, 0) is 38.1 Å². The predicted octanol–water partition coefficient (Wildman–Crippen LogP) is 6.15. The number of nitrogens with one attached hydrogen (secondary N) is 1. The highest BCUT2D eigenvalue weighted by Gasteiger charge is 2.26. The van der Waals surface area contributed by atoms with E-state index in [-0.39, 0.29) is 16.5 Å². The maximum atomic E-state index is 10.7. The first-order valence-electron chi connectivity index (χ1n) is 12.0. The van der Waals surface area contributed by atoms with Crippen molar-refractivity contribution in [2.75, 3.05) is 20.8 Å². The number of hydroxylamine groups is 1. The van der Waals surface area contributed by atoms with Gasteiger partial charge in [-0.15, -0.1) is 5.48 Å². The number of aromatic nitrogens is 3. The fourth-order valence-corrected chi connectivity index (χ4v) is 4.50. The summed E-state index contributed by atoms with van der Waals surface area (Å²) in [5.74, 6) is 2.48. The number of halogens is 3. The summed E-state index contributed by atoms with van der Waals surface area (Å²) in [5.41, 5.74) is 8.02. The zero-order valence-electron chi connectivity index (χ0n) is 22.2. The summed E-state index contributed by atoms with van der Waals surface area (Å²) in [6.45, 7) is 8.48. The summed E-state index contributed by atoms with van der Waals surface area (Å²) in [6.07, 6.45) is 2.36. The lowest BCUT2D eigenvalue weighted by Crippen LogP contribution is -2.19. The van der Waals surface area contributed by atoms with Gasteiger partial charge in [0.15, 0.2) is 0 Å². The van der Waals surface area contributed by atoms with Crippen LogP contribution in [0.15, 0.2) is 48.4 Å². The Kier molecular flexibility index (Phi) is 10.9. The van der Waals surface area contributed by atoms with Crippen LogP contribution in [0.3, 0.4) is 0 Å². The van der Waals surface area contributed by atoms with Crippen LogP contribution in [0.5, 0.6) is 11.5 Å². The van der Waals surface area contributed by atoms with E-state index < -0.39 is 0 Å². The fourth-order valence-electron chi connectivity index (χ4n) is 4.50. The van der Waals surface area contributed by atoms with Crippen LogP contribution in [0.25, 0.3) is 33.2 Å². The van der Waals surface area contributed by atoms with Crippen molar-refractivity contribution in [2.45, 2.75) is 40.2 Å². The summed E-state index contributed by atoms with van der Waals surface area (Å²) in [4.78, 5) is 15.1. The number of ether oxygens (including phenoxy) is 2. The standard InChI is InChI=1S/C25H26N4O4.C2H6.F2.FH/c1-14-24(15(2)33-28-14)17-11-18-16(12-22(17)32-4)25-19(13-26-18)27-23(9-10-31-3)29(25)20-7-5-6-8-21(20)30;2*1-2;/h5-8,11-14,28,30H,9-10H2,1-4H3;1-2H3;;1H. The average molecular weight is 535 g/mol. The van der Waals surface area contributed by atoms with Crippen LogP contribution in [-0.4, -0.2) is 46.5 Å². The number of nitrogens with zero attached hydrogens (tertiary/aromatic N) is 3. The first-order chi connectivity index (χ1) is 18.0. The number of para-hydroxylation sites is 2. The first kappa shape index (κ1) is 30.4. The van der Waals surface area contributed by atoms with Crippen molar-refractivity contribution in [2.24, 2.45) is 0 Å². The van der Waals surface area contributed by atoms with Gasteiger partial charge in [-0.25, -0.2) is 4.98 Å². The molecule has 1 atom stereocenters. The molecule has 1 aliphatic rings. The van der Waals surface area contributed by atoms with E-state index in [2.05, 4.69) is 5.48 Å². The largest absolute Gasteiger partial charge is 0.506 e. The smallest absolute Gasteiger partial charge is 0.139 e. The zero-order chi connectivity index (χ0) is 27.1. The quantitative estimate of drug-likeness (QED) is 0.307. The Labute approximate surface area is 219 Å². The Balaban J connectivity index is 0.000000969. The van der Waals surface area contributed by atoms with E-state index in [9.17, 15) is 5.11 Å². The molecule has 0 saturated heterocycles. The molecule has 0 amide bonds. The molecule has 11 heteroatoms. The van der Waals surface area contributed by atoms with Crippen molar-refractivity contribution in [1.29, 1.82) is 0 Å². The van der Waals surface area contributed by atoms with Gasteiger partial charge in [-0.1, -0.05) is 26.0 Å². The maximum Gasteiger partial charge on any atom is 0.139 e. The van der Waals surface area contributed by atoms with Crippen LogP contribution in [0.1, 0.15) is 39.1 Å². The molecule has 0 spiro atoms. The highest BCUT2D eigenvalue weighted by atomic mass is 20.0. The van der Waals surface area contributed by atoms with E-state index in [4.69, 9.17) is 33.4 Å². The van der Waals surface area contributed by atoms with E-state index in [1.807, 2.05) is 56.5 Å². The first-order valence-corrected chi connectivity index (χ1v) is 12.0. The fraction of sp³-hybridized carbons (Fsp3) is 0.333. The SMILES string of the molecule is CC.COCCc1nc2cnc3cc(C4=C(C)ONC4C)c(OC)cc3c2n1-c1ccccc1O.F.FF. The lowest BCUT2D eigenvalue weighted by Gasteiger charge is -2.15. The molecule has 8 nitrogen and oxygen atoms in total. The highest BCUT2D eigenvalue weighted by molar-refractivity contribution is 6.05. The van der Waals surface area contributed by atoms with Crippen molar-refractivity contribution in [3.8, 4) is 17.2 Å². The Morgan fingerprint density at radius 1 is 1.13 bits per heavy atom. The van der Waals surface area contributed by atoms with Crippen molar-refractivity contribution in [3.05, 3.63) is 59.7 Å². The second kappa shape index (κ2) is 13.6. The predicted molar refractivity (Wildman–Crippen MR) is 143 cm³/mol. The number of benzene rings is 2. The van der Waals surface area contributed by atoms with Crippen molar-refractivity contribution in [3.63, 3.8) is 0 Å². The van der Waals surface area contributed by atoms with Gasteiger partial charge in [0.25, 0.3) is 0 Å². The summed E-state index contributed by atoms with van der Waals surface area (Å²) < 4.78 is 29.1. The number of fused-ring (bicyclic) bond motifs is 3. The average Bonchev–Trinajstić information content (AvgIpc) is 3.48. The molecule has 0 saturated carbocycles. The van der Waals surface area contributed by atoms with E-state index in [1.165, 1.54) is 0 Å². The lowest BCUT2D eigenvalue weighted by molar-refractivity contribution is 0.108. The Morgan fingerprint density at radius 2 is 1.84 bits per heavy atom. The number of imidazole rings is 1. The molecule has 3 heterocycles. The highest BCUT2D eigenvalue weighted by Crippen LogP contribution is 2.39. The molecule has 2 aromatic carbocycles. The molecule has 38 heavy (non-hydrogen) atoms. The molecule has 0 bridgehead atoms.